The second kappa shape index (κ2) is 6.03. The molecule has 4 nitrogen and oxygen atoms in total. The predicted molar refractivity (Wildman–Crippen MR) is 69.3 cm³/mol. The lowest BCUT2D eigenvalue weighted by Gasteiger charge is -2.05. The molecule has 0 aliphatic rings. The number of aryl methyl sites for hydroxylation is 2. The SMILES string of the molecule is CCOC(=O)/C(C)=N\Nc1cc(C)cc(C)c1. The lowest BCUT2D eigenvalue weighted by atomic mass is 10.1. The normalized spacial score (nSPS) is 11.2. The highest BCUT2D eigenvalue weighted by Gasteiger charge is 2.05. The van der Waals surface area contributed by atoms with Gasteiger partial charge in [-0.15, -0.1) is 0 Å². The van der Waals surface area contributed by atoms with E-state index in [1.807, 2.05) is 26.0 Å². The average Bonchev–Trinajstić information content (AvgIpc) is 2.25. The summed E-state index contributed by atoms with van der Waals surface area (Å²) in [5.41, 5.74) is 6.33. The van der Waals surface area contributed by atoms with E-state index in [-0.39, 0.29) is 0 Å². The number of carbonyl (C=O) groups is 1. The molecule has 0 spiro atoms. The minimum absolute atomic E-state index is 0.311. The Balaban J connectivity index is 2.71. The molecule has 1 rings (SSSR count). The van der Waals surface area contributed by atoms with Gasteiger partial charge in [-0.25, -0.2) is 4.79 Å². The molecule has 0 bridgehead atoms. The number of nitrogens with zero attached hydrogens (tertiary/aromatic N) is 1. The molecule has 92 valence electrons. The van der Waals surface area contributed by atoms with Gasteiger partial charge in [0.25, 0.3) is 0 Å². The molecule has 0 aliphatic heterocycles. The highest BCUT2D eigenvalue weighted by molar-refractivity contribution is 6.35. The third-order valence-electron chi connectivity index (χ3n) is 2.15. The maximum atomic E-state index is 11.3. The lowest BCUT2D eigenvalue weighted by Crippen LogP contribution is -2.15. The maximum absolute atomic E-state index is 11.3. The van der Waals surface area contributed by atoms with Crippen LogP contribution in [0.25, 0.3) is 0 Å². The van der Waals surface area contributed by atoms with Crippen molar-refractivity contribution < 1.29 is 9.53 Å². The largest absolute Gasteiger partial charge is 0.461 e. The molecule has 0 radical (unpaired) electrons. The molecule has 1 aromatic rings. The molecule has 0 aromatic heterocycles. The van der Waals surface area contributed by atoms with Crippen LogP contribution in [0.3, 0.4) is 0 Å². The minimum atomic E-state index is -0.399. The van der Waals surface area contributed by atoms with Crippen LogP contribution >= 0.6 is 0 Å². The summed E-state index contributed by atoms with van der Waals surface area (Å²) in [4.78, 5) is 11.3. The maximum Gasteiger partial charge on any atom is 0.354 e. The van der Waals surface area contributed by atoms with Crippen LogP contribution in [-0.2, 0) is 9.53 Å². The Morgan fingerprint density at radius 2 is 1.88 bits per heavy atom. The van der Waals surface area contributed by atoms with E-state index in [1.54, 1.807) is 13.8 Å². The van der Waals surface area contributed by atoms with Gasteiger partial charge < -0.3 is 4.74 Å². The number of benzene rings is 1. The Bertz CT molecular complexity index is 419. The summed E-state index contributed by atoms with van der Waals surface area (Å²) in [6.07, 6.45) is 0. The number of rotatable bonds is 4. The van der Waals surface area contributed by atoms with Crippen LogP contribution in [0.5, 0.6) is 0 Å². The molecule has 0 saturated carbocycles. The summed E-state index contributed by atoms with van der Waals surface area (Å²) in [5.74, 6) is -0.399. The second-order valence-electron chi connectivity index (χ2n) is 3.91. The summed E-state index contributed by atoms with van der Waals surface area (Å²) in [7, 11) is 0. The number of hydrazone groups is 1. The van der Waals surface area contributed by atoms with Gasteiger partial charge in [0.2, 0.25) is 0 Å². The van der Waals surface area contributed by atoms with Crippen molar-refractivity contribution in [3.05, 3.63) is 29.3 Å². The van der Waals surface area contributed by atoms with Gasteiger partial charge in [-0.05, 0) is 51.0 Å². The number of hydrogen-bond acceptors (Lipinski definition) is 4. The van der Waals surface area contributed by atoms with Crippen molar-refractivity contribution in [2.45, 2.75) is 27.7 Å². The van der Waals surface area contributed by atoms with E-state index < -0.39 is 5.97 Å². The van der Waals surface area contributed by atoms with Gasteiger partial charge >= 0.3 is 5.97 Å². The number of anilines is 1. The quantitative estimate of drug-likeness (QED) is 0.495. The van der Waals surface area contributed by atoms with Crippen molar-refractivity contribution >= 4 is 17.4 Å². The zero-order chi connectivity index (χ0) is 12.8. The van der Waals surface area contributed by atoms with Gasteiger partial charge in [0, 0.05) is 0 Å². The summed E-state index contributed by atoms with van der Waals surface area (Å²) >= 11 is 0. The highest BCUT2D eigenvalue weighted by Crippen LogP contribution is 2.13. The topological polar surface area (TPSA) is 50.7 Å². The molecule has 0 unspecified atom stereocenters. The first-order chi connectivity index (χ1) is 8.02. The Morgan fingerprint density at radius 3 is 2.41 bits per heavy atom. The van der Waals surface area contributed by atoms with Crippen LogP contribution in [0, 0.1) is 13.8 Å². The third kappa shape index (κ3) is 4.26. The van der Waals surface area contributed by atoms with Gasteiger partial charge in [-0.3, -0.25) is 5.43 Å². The van der Waals surface area contributed by atoms with Crippen molar-refractivity contribution in [3.8, 4) is 0 Å². The standard InChI is InChI=1S/C13H18N2O2/c1-5-17-13(16)11(4)14-15-12-7-9(2)6-10(3)8-12/h6-8,15H,5H2,1-4H3/b14-11-. The van der Waals surface area contributed by atoms with Crippen molar-refractivity contribution in [1.82, 2.24) is 0 Å². The van der Waals surface area contributed by atoms with E-state index in [0.717, 1.165) is 16.8 Å². The lowest BCUT2D eigenvalue weighted by molar-refractivity contribution is -0.135. The third-order valence-corrected chi connectivity index (χ3v) is 2.15. The molecular formula is C13H18N2O2. The molecule has 0 aliphatic carbocycles. The van der Waals surface area contributed by atoms with E-state index in [4.69, 9.17) is 4.74 Å². The molecule has 1 N–H and O–H groups in total. The zero-order valence-corrected chi connectivity index (χ0v) is 10.7. The minimum Gasteiger partial charge on any atom is -0.461 e. The predicted octanol–water partition coefficient (Wildman–Crippen LogP) is 2.65. The summed E-state index contributed by atoms with van der Waals surface area (Å²) < 4.78 is 4.83. The second-order valence-corrected chi connectivity index (χ2v) is 3.91. The first-order valence-electron chi connectivity index (χ1n) is 5.58. The van der Waals surface area contributed by atoms with Gasteiger partial charge in [-0.1, -0.05) is 6.07 Å². The van der Waals surface area contributed by atoms with E-state index in [2.05, 4.69) is 16.6 Å². The molecule has 0 saturated heterocycles. The first kappa shape index (κ1) is 13.2. The van der Waals surface area contributed by atoms with Gasteiger partial charge in [0.15, 0.2) is 0 Å². The molecule has 0 amide bonds. The molecule has 0 atom stereocenters. The van der Waals surface area contributed by atoms with Crippen molar-refractivity contribution in [2.75, 3.05) is 12.0 Å². The molecule has 1 aromatic carbocycles. The molecular weight excluding hydrogens is 216 g/mol. The molecule has 0 heterocycles. The van der Waals surface area contributed by atoms with Crippen LogP contribution in [0.1, 0.15) is 25.0 Å². The number of nitrogens with one attached hydrogen (secondary N) is 1. The average molecular weight is 234 g/mol. The van der Waals surface area contributed by atoms with E-state index in [9.17, 15) is 4.79 Å². The fourth-order valence-corrected chi connectivity index (χ4v) is 1.47. The Kier molecular flexibility index (Phi) is 4.69. The fraction of sp³-hybridized carbons (Fsp3) is 0.385. The van der Waals surface area contributed by atoms with Crippen molar-refractivity contribution in [3.63, 3.8) is 0 Å². The molecule has 17 heavy (non-hydrogen) atoms. The van der Waals surface area contributed by atoms with Gasteiger partial charge in [0.05, 0.1) is 12.3 Å². The van der Waals surface area contributed by atoms with Gasteiger partial charge in [-0.2, -0.15) is 5.10 Å². The van der Waals surface area contributed by atoms with Crippen molar-refractivity contribution in [1.29, 1.82) is 0 Å². The first-order valence-corrected chi connectivity index (χ1v) is 5.58. The van der Waals surface area contributed by atoms with E-state index in [1.165, 1.54) is 0 Å². The smallest absolute Gasteiger partial charge is 0.354 e. The van der Waals surface area contributed by atoms with E-state index >= 15 is 0 Å². The number of hydrogen-bond donors (Lipinski definition) is 1. The van der Waals surface area contributed by atoms with E-state index in [0.29, 0.717) is 12.3 Å². The Morgan fingerprint density at radius 1 is 1.29 bits per heavy atom. The molecule has 0 fully saturated rings. The number of ether oxygens (including phenoxy) is 1. The number of esters is 1. The monoisotopic (exact) mass is 234 g/mol. The summed E-state index contributed by atoms with van der Waals surface area (Å²) in [6.45, 7) is 7.77. The van der Waals surface area contributed by atoms with Crippen LogP contribution in [-0.4, -0.2) is 18.3 Å². The summed E-state index contributed by atoms with van der Waals surface area (Å²) in [5, 5.41) is 3.99. The molecule has 4 heteroatoms. The fourth-order valence-electron chi connectivity index (χ4n) is 1.47. The van der Waals surface area contributed by atoms with Crippen LogP contribution in [0.2, 0.25) is 0 Å². The van der Waals surface area contributed by atoms with Crippen molar-refractivity contribution in [2.24, 2.45) is 5.10 Å². The Labute approximate surface area is 102 Å². The summed E-state index contributed by atoms with van der Waals surface area (Å²) in [6, 6.07) is 6.01. The van der Waals surface area contributed by atoms with Gasteiger partial charge in [0.1, 0.15) is 5.71 Å². The number of carbonyl (C=O) groups excluding carboxylic acids is 1. The van der Waals surface area contributed by atoms with Crippen LogP contribution in [0.15, 0.2) is 23.3 Å². The zero-order valence-electron chi connectivity index (χ0n) is 10.7. The Hall–Kier alpha value is -1.84. The van der Waals surface area contributed by atoms with Crippen LogP contribution < -0.4 is 5.43 Å². The highest BCUT2D eigenvalue weighted by atomic mass is 16.5. The van der Waals surface area contributed by atoms with Crippen LogP contribution in [0.4, 0.5) is 5.69 Å².